The van der Waals surface area contributed by atoms with Crippen LogP contribution in [0.25, 0.3) is 0 Å². The highest BCUT2D eigenvalue weighted by Gasteiger charge is 2.20. The fourth-order valence-electron chi connectivity index (χ4n) is 2.98. The van der Waals surface area contributed by atoms with E-state index < -0.39 is 0 Å². The predicted molar refractivity (Wildman–Crippen MR) is 84.2 cm³/mol. The van der Waals surface area contributed by atoms with Crippen LogP contribution in [0.1, 0.15) is 32.3 Å². The van der Waals surface area contributed by atoms with Gasteiger partial charge in [-0.25, -0.2) is 0 Å². The fourth-order valence-corrected chi connectivity index (χ4v) is 2.98. The average molecular weight is 276 g/mol. The lowest BCUT2D eigenvalue weighted by atomic mass is 9.97. The molecule has 0 radical (unpaired) electrons. The van der Waals surface area contributed by atoms with Gasteiger partial charge in [-0.15, -0.1) is 0 Å². The number of nitrogens with one attached hydrogen (secondary N) is 1. The van der Waals surface area contributed by atoms with Crippen LogP contribution in [0.2, 0.25) is 0 Å². The van der Waals surface area contributed by atoms with Crippen LogP contribution in [0, 0.1) is 5.92 Å². The molecule has 2 rings (SSSR count). The Bertz CT molecular complexity index is 394. The molecule has 0 amide bonds. The Labute approximate surface area is 123 Å². The first-order valence-electron chi connectivity index (χ1n) is 7.97. The molecule has 3 heteroatoms. The first-order chi connectivity index (χ1) is 9.83. The molecular weight excluding hydrogens is 248 g/mol. The van der Waals surface area contributed by atoms with E-state index in [0.29, 0.717) is 0 Å². The second-order valence-corrected chi connectivity index (χ2v) is 5.59. The zero-order valence-corrected chi connectivity index (χ0v) is 12.9. The van der Waals surface area contributed by atoms with Crippen LogP contribution in [0.3, 0.4) is 0 Å². The molecule has 3 nitrogen and oxygen atoms in total. The number of hydrogen-bond donors (Lipinski definition) is 1. The second kappa shape index (κ2) is 8.28. The summed E-state index contributed by atoms with van der Waals surface area (Å²) >= 11 is 0. The van der Waals surface area contributed by atoms with Crippen molar-refractivity contribution in [1.29, 1.82) is 0 Å². The average Bonchev–Trinajstić information content (AvgIpc) is 2.48. The molecule has 0 aromatic heterocycles. The van der Waals surface area contributed by atoms with Gasteiger partial charge in [0.05, 0.1) is 6.61 Å². The maximum absolute atomic E-state index is 5.73. The summed E-state index contributed by atoms with van der Waals surface area (Å²) in [5.74, 6) is 1.84. The first-order valence-corrected chi connectivity index (χ1v) is 7.97. The molecular formula is C17H28N2O. The topological polar surface area (TPSA) is 24.5 Å². The Morgan fingerprint density at radius 3 is 2.95 bits per heavy atom. The van der Waals surface area contributed by atoms with Crippen molar-refractivity contribution >= 4 is 0 Å². The Morgan fingerprint density at radius 1 is 1.30 bits per heavy atom. The third-order valence-corrected chi connectivity index (χ3v) is 3.95. The monoisotopic (exact) mass is 276 g/mol. The van der Waals surface area contributed by atoms with Crippen LogP contribution in [0.15, 0.2) is 24.3 Å². The summed E-state index contributed by atoms with van der Waals surface area (Å²) in [4.78, 5) is 2.57. The van der Waals surface area contributed by atoms with Gasteiger partial charge in [-0.3, -0.25) is 4.90 Å². The van der Waals surface area contributed by atoms with Crippen molar-refractivity contribution in [3.05, 3.63) is 29.8 Å². The molecule has 112 valence electrons. The van der Waals surface area contributed by atoms with Crippen molar-refractivity contribution in [3.63, 3.8) is 0 Å². The van der Waals surface area contributed by atoms with E-state index in [-0.39, 0.29) is 0 Å². The van der Waals surface area contributed by atoms with E-state index in [1.165, 1.54) is 31.5 Å². The van der Waals surface area contributed by atoms with Gasteiger partial charge in [0, 0.05) is 18.7 Å². The van der Waals surface area contributed by atoms with Gasteiger partial charge in [0.2, 0.25) is 0 Å². The SMILES string of the molecule is CCNCC1CCCN(Cc2ccccc2OCC)C1. The smallest absolute Gasteiger partial charge is 0.123 e. The van der Waals surface area contributed by atoms with Crippen LogP contribution in [0.4, 0.5) is 0 Å². The van der Waals surface area contributed by atoms with Crippen molar-refractivity contribution in [2.45, 2.75) is 33.2 Å². The summed E-state index contributed by atoms with van der Waals surface area (Å²) in [6.45, 7) is 10.6. The lowest BCUT2D eigenvalue weighted by molar-refractivity contribution is 0.164. The highest BCUT2D eigenvalue weighted by atomic mass is 16.5. The van der Waals surface area contributed by atoms with Gasteiger partial charge in [-0.2, -0.15) is 0 Å². The van der Waals surface area contributed by atoms with E-state index in [2.05, 4.69) is 41.4 Å². The summed E-state index contributed by atoms with van der Waals surface area (Å²) in [6, 6.07) is 8.44. The van der Waals surface area contributed by atoms with Crippen molar-refractivity contribution in [2.75, 3.05) is 32.8 Å². The first kappa shape index (κ1) is 15.3. The summed E-state index contributed by atoms with van der Waals surface area (Å²) in [7, 11) is 0. The third-order valence-electron chi connectivity index (χ3n) is 3.95. The number of piperidine rings is 1. The summed E-state index contributed by atoms with van der Waals surface area (Å²) in [5.41, 5.74) is 1.32. The lowest BCUT2D eigenvalue weighted by Gasteiger charge is -2.33. The highest BCUT2D eigenvalue weighted by molar-refractivity contribution is 5.33. The van der Waals surface area contributed by atoms with E-state index >= 15 is 0 Å². The Hall–Kier alpha value is -1.06. The maximum atomic E-state index is 5.73. The van der Waals surface area contributed by atoms with Crippen molar-refractivity contribution in [1.82, 2.24) is 10.2 Å². The highest BCUT2D eigenvalue weighted by Crippen LogP contribution is 2.23. The van der Waals surface area contributed by atoms with E-state index in [9.17, 15) is 0 Å². The second-order valence-electron chi connectivity index (χ2n) is 5.59. The molecule has 1 unspecified atom stereocenters. The minimum Gasteiger partial charge on any atom is -0.494 e. The molecule has 20 heavy (non-hydrogen) atoms. The van der Waals surface area contributed by atoms with E-state index in [4.69, 9.17) is 4.74 Å². The zero-order chi connectivity index (χ0) is 14.2. The Morgan fingerprint density at radius 2 is 2.15 bits per heavy atom. The fraction of sp³-hybridized carbons (Fsp3) is 0.647. The molecule has 1 atom stereocenters. The van der Waals surface area contributed by atoms with Gasteiger partial charge in [-0.05, 0) is 51.4 Å². The van der Waals surface area contributed by atoms with E-state index in [1.54, 1.807) is 0 Å². The molecule has 0 aliphatic carbocycles. The van der Waals surface area contributed by atoms with Gasteiger partial charge in [-0.1, -0.05) is 25.1 Å². The van der Waals surface area contributed by atoms with Crippen LogP contribution in [0.5, 0.6) is 5.75 Å². The molecule has 1 saturated heterocycles. The largest absolute Gasteiger partial charge is 0.494 e. The van der Waals surface area contributed by atoms with Gasteiger partial charge >= 0.3 is 0 Å². The predicted octanol–water partition coefficient (Wildman–Crippen LogP) is 2.91. The molecule has 1 aliphatic heterocycles. The molecule has 1 fully saturated rings. The summed E-state index contributed by atoms with van der Waals surface area (Å²) < 4.78 is 5.73. The van der Waals surface area contributed by atoms with Crippen LogP contribution >= 0.6 is 0 Å². The van der Waals surface area contributed by atoms with Crippen LogP contribution < -0.4 is 10.1 Å². The minimum atomic E-state index is 0.736. The molecule has 0 bridgehead atoms. The third kappa shape index (κ3) is 4.50. The Balaban J connectivity index is 1.92. The Kier molecular flexibility index (Phi) is 6.34. The summed E-state index contributed by atoms with van der Waals surface area (Å²) in [5, 5.41) is 3.48. The quantitative estimate of drug-likeness (QED) is 0.829. The minimum absolute atomic E-state index is 0.736. The number of para-hydroxylation sites is 1. The van der Waals surface area contributed by atoms with Crippen LogP contribution in [-0.4, -0.2) is 37.7 Å². The van der Waals surface area contributed by atoms with Gasteiger partial charge in [0.15, 0.2) is 0 Å². The van der Waals surface area contributed by atoms with Crippen LogP contribution in [-0.2, 0) is 6.54 Å². The van der Waals surface area contributed by atoms with E-state index in [1.807, 2.05) is 6.92 Å². The lowest BCUT2D eigenvalue weighted by Crippen LogP contribution is -2.39. The molecule has 1 aromatic carbocycles. The number of rotatable bonds is 7. The molecule has 0 spiro atoms. The standard InChI is InChI=1S/C17H28N2O/c1-3-18-12-15-8-7-11-19(13-15)14-16-9-5-6-10-17(16)20-4-2/h5-6,9-10,15,18H,3-4,7-8,11-14H2,1-2H3. The summed E-state index contributed by atoms with van der Waals surface area (Å²) in [6.07, 6.45) is 2.67. The van der Waals surface area contributed by atoms with Gasteiger partial charge in [0.1, 0.15) is 5.75 Å². The van der Waals surface area contributed by atoms with Crippen molar-refractivity contribution in [3.8, 4) is 5.75 Å². The van der Waals surface area contributed by atoms with E-state index in [0.717, 1.165) is 37.9 Å². The molecule has 1 aliphatic rings. The molecule has 1 heterocycles. The van der Waals surface area contributed by atoms with Crippen molar-refractivity contribution < 1.29 is 4.74 Å². The zero-order valence-electron chi connectivity index (χ0n) is 12.9. The molecule has 1 N–H and O–H groups in total. The number of likely N-dealkylation sites (tertiary alicyclic amines) is 1. The van der Waals surface area contributed by atoms with Gasteiger partial charge < -0.3 is 10.1 Å². The van der Waals surface area contributed by atoms with Gasteiger partial charge in [0.25, 0.3) is 0 Å². The number of hydrogen-bond acceptors (Lipinski definition) is 3. The number of ether oxygens (including phenoxy) is 1. The molecule has 0 saturated carbocycles. The normalized spacial score (nSPS) is 20.0. The number of nitrogens with zero attached hydrogens (tertiary/aromatic N) is 1. The number of benzene rings is 1. The molecule has 1 aromatic rings. The maximum Gasteiger partial charge on any atom is 0.123 e. The van der Waals surface area contributed by atoms with Crippen molar-refractivity contribution in [2.24, 2.45) is 5.92 Å².